The molecule has 84 valence electrons. The van der Waals surface area contributed by atoms with Gasteiger partial charge in [-0.2, -0.15) is 0 Å². The van der Waals surface area contributed by atoms with E-state index in [1.165, 1.54) is 4.90 Å². The summed E-state index contributed by atoms with van der Waals surface area (Å²) in [5.41, 5.74) is 0.696. The van der Waals surface area contributed by atoms with Crippen LogP contribution in [0.15, 0.2) is 30.3 Å². The molecule has 1 atom stereocenters. The Kier molecular flexibility index (Phi) is 2.87. The fraction of sp³-hybridized carbons (Fsp3) is 0.273. The third kappa shape index (κ3) is 1.90. The summed E-state index contributed by atoms with van der Waals surface area (Å²) in [7, 11) is 0. The number of aliphatic carboxylic acids is 1. The van der Waals surface area contributed by atoms with Crippen LogP contribution in [0, 0.1) is 0 Å². The number of hydrogen-bond acceptors (Lipinski definition) is 3. The second kappa shape index (κ2) is 4.32. The molecule has 0 bridgehead atoms. The molecule has 1 N–H and O–H groups in total. The van der Waals surface area contributed by atoms with E-state index >= 15 is 0 Å². The highest BCUT2D eigenvalue weighted by atomic mass is 16.5. The van der Waals surface area contributed by atoms with Crippen molar-refractivity contribution in [2.45, 2.75) is 6.10 Å². The lowest BCUT2D eigenvalue weighted by atomic mass is 10.2. The van der Waals surface area contributed by atoms with Gasteiger partial charge in [-0.1, -0.05) is 18.2 Å². The minimum absolute atomic E-state index is 0.234. The summed E-state index contributed by atoms with van der Waals surface area (Å²) in [6, 6.07) is 8.97. The van der Waals surface area contributed by atoms with Gasteiger partial charge in [-0.3, -0.25) is 4.79 Å². The topological polar surface area (TPSA) is 66.8 Å². The number of carboxylic acid groups (broad SMARTS) is 1. The SMILES string of the molecule is O=C(O)C1OCCN(c2ccccc2)C1=O. The number of morpholine rings is 1. The molecule has 5 heteroatoms. The Morgan fingerprint density at radius 1 is 1.38 bits per heavy atom. The number of rotatable bonds is 2. The number of anilines is 1. The number of amides is 1. The molecule has 1 fully saturated rings. The first-order chi connectivity index (χ1) is 7.70. The van der Waals surface area contributed by atoms with Crippen LogP contribution in [-0.4, -0.2) is 36.2 Å². The lowest BCUT2D eigenvalue weighted by Crippen LogP contribution is -2.51. The van der Waals surface area contributed by atoms with Gasteiger partial charge < -0.3 is 14.7 Å². The fourth-order valence-corrected chi connectivity index (χ4v) is 1.63. The predicted octanol–water partition coefficient (Wildman–Crippen LogP) is 0.503. The Hall–Kier alpha value is -1.88. The van der Waals surface area contributed by atoms with Gasteiger partial charge in [-0.25, -0.2) is 4.79 Å². The van der Waals surface area contributed by atoms with Gasteiger partial charge in [0.1, 0.15) is 0 Å². The first kappa shape index (κ1) is 10.6. The van der Waals surface area contributed by atoms with Crippen molar-refractivity contribution < 1.29 is 19.4 Å². The molecule has 1 saturated heterocycles. The van der Waals surface area contributed by atoms with Crippen molar-refractivity contribution in [1.82, 2.24) is 0 Å². The van der Waals surface area contributed by atoms with Crippen LogP contribution in [0.2, 0.25) is 0 Å². The Morgan fingerprint density at radius 3 is 2.69 bits per heavy atom. The van der Waals surface area contributed by atoms with Gasteiger partial charge in [0.05, 0.1) is 6.61 Å². The molecule has 1 amide bonds. The molecule has 0 spiro atoms. The summed E-state index contributed by atoms with van der Waals surface area (Å²) in [6.07, 6.45) is -1.38. The average molecular weight is 221 g/mol. The second-order valence-electron chi connectivity index (χ2n) is 3.41. The zero-order chi connectivity index (χ0) is 11.5. The minimum Gasteiger partial charge on any atom is -0.479 e. The van der Waals surface area contributed by atoms with E-state index in [0.29, 0.717) is 12.2 Å². The molecular formula is C11H11NO4. The molecule has 16 heavy (non-hydrogen) atoms. The highest BCUT2D eigenvalue weighted by molar-refractivity contribution is 6.08. The van der Waals surface area contributed by atoms with E-state index in [1.54, 1.807) is 24.3 Å². The minimum atomic E-state index is -1.38. The smallest absolute Gasteiger partial charge is 0.342 e. The molecule has 1 aromatic carbocycles. The number of benzene rings is 1. The molecule has 1 unspecified atom stereocenters. The monoisotopic (exact) mass is 221 g/mol. The van der Waals surface area contributed by atoms with Crippen molar-refractivity contribution in [2.24, 2.45) is 0 Å². The van der Waals surface area contributed by atoms with E-state index in [4.69, 9.17) is 9.84 Å². The summed E-state index contributed by atoms with van der Waals surface area (Å²) < 4.78 is 4.91. The maximum Gasteiger partial charge on any atom is 0.342 e. The first-order valence-corrected chi connectivity index (χ1v) is 4.91. The van der Waals surface area contributed by atoms with Gasteiger partial charge in [0.25, 0.3) is 5.91 Å². The summed E-state index contributed by atoms with van der Waals surface area (Å²) in [5.74, 6) is -1.77. The molecule has 0 aliphatic carbocycles. The summed E-state index contributed by atoms with van der Waals surface area (Å²) in [6.45, 7) is 0.615. The van der Waals surface area contributed by atoms with E-state index in [9.17, 15) is 9.59 Å². The van der Waals surface area contributed by atoms with Crippen LogP contribution in [0.4, 0.5) is 5.69 Å². The van der Waals surface area contributed by atoms with Crippen LogP contribution in [0.25, 0.3) is 0 Å². The molecule has 1 heterocycles. The molecule has 1 aliphatic heterocycles. The van der Waals surface area contributed by atoms with Crippen molar-refractivity contribution in [2.75, 3.05) is 18.1 Å². The molecule has 5 nitrogen and oxygen atoms in total. The number of carboxylic acids is 1. The maximum absolute atomic E-state index is 11.8. The normalized spacial score (nSPS) is 20.9. The van der Waals surface area contributed by atoms with Crippen LogP contribution < -0.4 is 4.90 Å². The van der Waals surface area contributed by atoms with E-state index < -0.39 is 18.0 Å². The van der Waals surface area contributed by atoms with Gasteiger partial charge >= 0.3 is 5.97 Å². The van der Waals surface area contributed by atoms with E-state index in [1.807, 2.05) is 6.07 Å². The Labute approximate surface area is 92.2 Å². The number of carbonyl (C=O) groups excluding carboxylic acids is 1. The molecule has 0 saturated carbocycles. The third-order valence-electron chi connectivity index (χ3n) is 2.38. The van der Waals surface area contributed by atoms with Gasteiger partial charge in [0.15, 0.2) is 0 Å². The molecule has 0 radical (unpaired) electrons. The molecule has 1 aliphatic rings. The van der Waals surface area contributed by atoms with Crippen LogP contribution in [0.3, 0.4) is 0 Å². The highest BCUT2D eigenvalue weighted by Crippen LogP contribution is 2.18. The zero-order valence-corrected chi connectivity index (χ0v) is 8.50. The summed E-state index contributed by atoms with van der Waals surface area (Å²) in [4.78, 5) is 24.0. The fourth-order valence-electron chi connectivity index (χ4n) is 1.63. The number of para-hydroxylation sites is 1. The third-order valence-corrected chi connectivity index (χ3v) is 2.38. The van der Waals surface area contributed by atoms with Crippen molar-refractivity contribution in [3.8, 4) is 0 Å². The lowest BCUT2D eigenvalue weighted by molar-refractivity contribution is -0.158. The quantitative estimate of drug-likeness (QED) is 0.738. The van der Waals surface area contributed by atoms with E-state index in [-0.39, 0.29) is 6.61 Å². The second-order valence-corrected chi connectivity index (χ2v) is 3.41. The summed E-state index contributed by atoms with van der Waals surface area (Å²) in [5, 5.41) is 8.80. The van der Waals surface area contributed by atoms with Crippen molar-refractivity contribution in [3.05, 3.63) is 30.3 Å². The van der Waals surface area contributed by atoms with Crippen molar-refractivity contribution >= 4 is 17.6 Å². The number of carbonyl (C=O) groups is 2. The van der Waals surface area contributed by atoms with Crippen molar-refractivity contribution in [3.63, 3.8) is 0 Å². The Morgan fingerprint density at radius 2 is 2.06 bits per heavy atom. The lowest BCUT2D eigenvalue weighted by Gasteiger charge is -2.30. The van der Waals surface area contributed by atoms with Gasteiger partial charge in [0, 0.05) is 12.2 Å². The van der Waals surface area contributed by atoms with E-state index in [2.05, 4.69) is 0 Å². The maximum atomic E-state index is 11.8. The Bertz CT molecular complexity index is 404. The zero-order valence-electron chi connectivity index (χ0n) is 8.50. The van der Waals surface area contributed by atoms with Gasteiger partial charge in [-0.15, -0.1) is 0 Å². The van der Waals surface area contributed by atoms with Crippen LogP contribution in [0.1, 0.15) is 0 Å². The highest BCUT2D eigenvalue weighted by Gasteiger charge is 2.35. The van der Waals surface area contributed by atoms with Crippen LogP contribution in [0.5, 0.6) is 0 Å². The van der Waals surface area contributed by atoms with Gasteiger partial charge in [-0.05, 0) is 12.1 Å². The Balaban J connectivity index is 2.23. The molecular weight excluding hydrogens is 210 g/mol. The van der Waals surface area contributed by atoms with Gasteiger partial charge in [0.2, 0.25) is 6.10 Å². The molecule has 0 aromatic heterocycles. The first-order valence-electron chi connectivity index (χ1n) is 4.91. The number of hydrogen-bond donors (Lipinski definition) is 1. The summed E-state index contributed by atoms with van der Waals surface area (Å²) >= 11 is 0. The predicted molar refractivity (Wildman–Crippen MR) is 56.2 cm³/mol. The molecule has 2 rings (SSSR count). The van der Waals surface area contributed by atoms with Crippen LogP contribution >= 0.6 is 0 Å². The number of ether oxygens (including phenoxy) is 1. The van der Waals surface area contributed by atoms with Crippen molar-refractivity contribution in [1.29, 1.82) is 0 Å². The largest absolute Gasteiger partial charge is 0.479 e. The van der Waals surface area contributed by atoms with Crippen LogP contribution in [-0.2, 0) is 14.3 Å². The molecule has 1 aromatic rings. The standard InChI is InChI=1S/C11H11NO4/c13-10-9(11(14)15)16-7-6-12(10)8-4-2-1-3-5-8/h1-5,9H,6-7H2,(H,14,15). The average Bonchev–Trinajstić information content (AvgIpc) is 2.30. The van der Waals surface area contributed by atoms with E-state index in [0.717, 1.165) is 0 Å². The number of nitrogens with zero attached hydrogens (tertiary/aromatic N) is 1.